The Bertz CT molecular complexity index is 721. The first kappa shape index (κ1) is 19.5. The zero-order valence-corrected chi connectivity index (χ0v) is 16.4. The molecule has 0 bridgehead atoms. The van der Waals surface area contributed by atoms with Gasteiger partial charge < -0.3 is 9.47 Å². The van der Waals surface area contributed by atoms with Gasteiger partial charge in [-0.2, -0.15) is 0 Å². The Kier molecular flexibility index (Phi) is 6.92. The first-order chi connectivity index (χ1) is 13.2. The Labute approximate surface area is 162 Å². The minimum absolute atomic E-state index is 0.142. The molecule has 0 aromatic heterocycles. The minimum atomic E-state index is -0.176. The molecule has 0 N–H and O–H groups in total. The molecule has 0 heterocycles. The van der Waals surface area contributed by atoms with Gasteiger partial charge in [0, 0.05) is 5.92 Å². The number of carbonyl (C=O) groups excluding carboxylic acids is 1. The van der Waals surface area contributed by atoms with Crippen molar-refractivity contribution in [3.8, 4) is 5.75 Å². The molecule has 0 spiro atoms. The lowest BCUT2D eigenvalue weighted by molar-refractivity contribution is -0.144. The van der Waals surface area contributed by atoms with Gasteiger partial charge in [-0.3, -0.25) is 4.79 Å². The van der Waals surface area contributed by atoms with Crippen LogP contribution in [0.4, 0.5) is 0 Å². The van der Waals surface area contributed by atoms with Crippen molar-refractivity contribution < 1.29 is 14.3 Å². The summed E-state index contributed by atoms with van der Waals surface area (Å²) in [5.41, 5.74) is 2.51. The van der Waals surface area contributed by atoms with Crippen LogP contribution in [-0.2, 0) is 16.0 Å². The molecule has 4 rings (SSSR count). The van der Waals surface area contributed by atoms with Crippen LogP contribution in [0.5, 0.6) is 5.75 Å². The van der Waals surface area contributed by atoms with Crippen LogP contribution in [0.1, 0.15) is 49.7 Å². The molecule has 2 aromatic rings. The average molecular weight is 367 g/mol. The fourth-order valence-corrected chi connectivity index (χ4v) is 3.14. The van der Waals surface area contributed by atoms with Gasteiger partial charge in [0.2, 0.25) is 0 Å². The van der Waals surface area contributed by atoms with Crippen molar-refractivity contribution in [2.24, 2.45) is 11.8 Å². The quantitative estimate of drug-likeness (QED) is 0.616. The third-order valence-corrected chi connectivity index (χ3v) is 5.01. The van der Waals surface area contributed by atoms with Crippen LogP contribution in [0, 0.1) is 11.8 Å². The molecule has 3 heteroatoms. The fraction of sp³-hybridized carbons (Fsp3) is 0.458. The fourth-order valence-electron chi connectivity index (χ4n) is 3.14. The van der Waals surface area contributed by atoms with Gasteiger partial charge in [-0.05, 0) is 42.0 Å². The second kappa shape index (κ2) is 9.59. The normalized spacial score (nSPS) is 20.7. The van der Waals surface area contributed by atoms with Gasteiger partial charge in [0.15, 0.2) is 0 Å². The topological polar surface area (TPSA) is 35.5 Å². The highest BCUT2D eigenvalue weighted by Crippen LogP contribution is 2.47. The second-order valence-electron chi connectivity index (χ2n) is 7.66. The number of rotatable bonds is 7. The smallest absolute Gasteiger partial charge is 0.308 e. The summed E-state index contributed by atoms with van der Waals surface area (Å²) in [6, 6.07) is 18.6. The minimum Gasteiger partial charge on any atom is -0.493 e. The maximum Gasteiger partial charge on any atom is 0.308 e. The number of methoxy groups -OCH3 is 1. The molecule has 3 unspecified atom stereocenters. The van der Waals surface area contributed by atoms with E-state index in [1.54, 1.807) is 0 Å². The molecule has 3 nitrogen and oxygen atoms in total. The second-order valence-corrected chi connectivity index (χ2v) is 7.66. The lowest BCUT2D eigenvalue weighted by atomic mass is 10.0. The SMILES string of the molecule is C1CC1.COC(=O)C(C)Cc1cccc(OCC2CC2c2ccccc2)c1. The molecule has 2 aromatic carbocycles. The molecule has 0 radical (unpaired) electrons. The van der Waals surface area contributed by atoms with Crippen molar-refractivity contribution in [3.63, 3.8) is 0 Å². The van der Waals surface area contributed by atoms with Gasteiger partial charge in [0.1, 0.15) is 5.75 Å². The monoisotopic (exact) mass is 366 g/mol. The maximum atomic E-state index is 11.5. The number of hydrogen-bond acceptors (Lipinski definition) is 3. The molecule has 2 aliphatic rings. The lowest BCUT2D eigenvalue weighted by Gasteiger charge is -2.11. The summed E-state index contributed by atoms with van der Waals surface area (Å²) >= 11 is 0. The molecule has 3 atom stereocenters. The molecular formula is C24H30O3. The Morgan fingerprint density at radius 3 is 2.48 bits per heavy atom. The first-order valence-corrected chi connectivity index (χ1v) is 10.0. The standard InChI is InChI=1S/C21H24O3.C3H6/c1-15(21(22)23-2)11-16-7-6-10-19(12-16)24-14-18-13-20(18)17-8-4-3-5-9-17;1-2-3-1/h3-10,12,15,18,20H,11,13-14H2,1-2H3;1-3H2. The zero-order chi connectivity index (χ0) is 19.1. The van der Waals surface area contributed by atoms with E-state index in [-0.39, 0.29) is 11.9 Å². The lowest BCUT2D eigenvalue weighted by Crippen LogP contribution is -2.15. The van der Waals surface area contributed by atoms with Crippen molar-refractivity contribution >= 4 is 5.97 Å². The number of benzene rings is 2. The number of ether oxygens (including phenoxy) is 2. The number of carbonyl (C=O) groups is 1. The Balaban J connectivity index is 0.000000637. The predicted molar refractivity (Wildman–Crippen MR) is 108 cm³/mol. The predicted octanol–water partition coefficient (Wildman–Crippen LogP) is 5.39. The summed E-state index contributed by atoms with van der Waals surface area (Å²) in [5.74, 6) is 1.79. The molecule has 27 heavy (non-hydrogen) atoms. The molecule has 2 aliphatic carbocycles. The zero-order valence-electron chi connectivity index (χ0n) is 16.4. The molecular weight excluding hydrogens is 336 g/mol. The van der Waals surface area contributed by atoms with Crippen LogP contribution < -0.4 is 4.74 Å². The van der Waals surface area contributed by atoms with Crippen molar-refractivity contribution in [1.82, 2.24) is 0 Å². The van der Waals surface area contributed by atoms with E-state index in [1.807, 2.05) is 31.2 Å². The number of hydrogen-bond donors (Lipinski definition) is 0. The molecule has 0 saturated heterocycles. The Hall–Kier alpha value is -2.29. The molecule has 2 fully saturated rings. The van der Waals surface area contributed by atoms with Crippen LogP contribution in [0.3, 0.4) is 0 Å². The van der Waals surface area contributed by atoms with E-state index in [4.69, 9.17) is 9.47 Å². The van der Waals surface area contributed by atoms with E-state index in [0.717, 1.165) is 17.9 Å². The highest BCUT2D eigenvalue weighted by Gasteiger charge is 2.38. The van der Waals surface area contributed by atoms with Gasteiger partial charge in [0.05, 0.1) is 19.6 Å². The van der Waals surface area contributed by atoms with Gasteiger partial charge >= 0.3 is 5.97 Å². The summed E-state index contributed by atoms with van der Waals surface area (Å²) in [4.78, 5) is 11.5. The van der Waals surface area contributed by atoms with Crippen LogP contribution >= 0.6 is 0 Å². The van der Waals surface area contributed by atoms with Crippen LogP contribution in [-0.4, -0.2) is 19.7 Å². The van der Waals surface area contributed by atoms with Crippen molar-refractivity contribution in [3.05, 3.63) is 65.7 Å². The average Bonchev–Trinajstić information content (AvgIpc) is 3.60. The van der Waals surface area contributed by atoms with Crippen molar-refractivity contribution in [1.29, 1.82) is 0 Å². The van der Waals surface area contributed by atoms with Crippen molar-refractivity contribution in [2.75, 3.05) is 13.7 Å². The van der Waals surface area contributed by atoms with E-state index < -0.39 is 0 Å². The first-order valence-electron chi connectivity index (χ1n) is 10.0. The Morgan fingerprint density at radius 2 is 1.81 bits per heavy atom. The van der Waals surface area contributed by atoms with E-state index in [0.29, 0.717) is 18.3 Å². The highest BCUT2D eigenvalue weighted by molar-refractivity contribution is 5.72. The van der Waals surface area contributed by atoms with E-state index in [9.17, 15) is 4.79 Å². The van der Waals surface area contributed by atoms with E-state index >= 15 is 0 Å². The van der Waals surface area contributed by atoms with Gasteiger partial charge in [-0.25, -0.2) is 0 Å². The molecule has 144 valence electrons. The van der Waals surface area contributed by atoms with Gasteiger partial charge in [-0.15, -0.1) is 0 Å². The largest absolute Gasteiger partial charge is 0.493 e. The summed E-state index contributed by atoms with van der Waals surface area (Å²) in [7, 11) is 1.43. The molecule has 2 saturated carbocycles. The van der Waals surface area contributed by atoms with Gasteiger partial charge in [0.25, 0.3) is 0 Å². The third kappa shape index (κ3) is 6.42. The van der Waals surface area contributed by atoms with Crippen molar-refractivity contribution in [2.45, 2.75) is 44.9 Å². The molecule has 0 amide bonds. The highest BCUT2D eigenvalue weighted by atomic mass is 16.5. The van der Waals surface area contributed by atoms with Crippen LogP contribution in [0.25, 0.3) is 0 Å². The van der Waals surface area contributed by atoms with Crippen LogP contribution in [0.2, 0.25) is 0 Å². The van der Waals surface area contributed by atoms with E-state index in [2.05, 4.69) is 30.3 Å². The summed E-state index contributed by atoms with van der Waals surface area (Å²) in [6.45, 7) is 2.63. The Morgan fingerprint density at radius 1 is 1.07 bits per heavy atom. The maximum absolute atomic E-state index is 11.5. The summed E-state index contributed by atoms with van der Waals surface area (Å²) in [6.07, 6.45) is 6.36. The third-order valence-electron chi connectivity index (χ3n) is 5.01. The van der Waals surface area contributed by atoms with Crippen LogP contribution in [0.15, 0.2) is 54.6 Å². The van der Waals surface area contributed by atoms with E-state index in [1.165, 1.54) is 38.4 Å². The summed E-state index contributed by atoms with van der Waals surface area (Å²) in [5, 5.41) is 0. The van der Waals surface area contributed by atoms with Gasteiger partial charge in [-0.1, -0.05) is 68.7 Å². The molecule has 0 aliphatic heterocycles. The summed E-state index contributed by atoms with van der Waals surface area (Å²) < 4.78 is 10.8. The number of esters is 1.